The van der Waals surface area contributed by atoms with Gasteiger partial charge in [0.25, 0.3) is 0 Å². The summed E-state index contributed by atoms with van der Waals surface area (Å²) >= 11 is 0. The standard InChI is InChI=1S/C11H20N4/c1-5-6-9-14-10(12)8(4)11(15-9)13-7(2)3/h7H,5-6H2,1-4H3,(H3,12,13,14,15). The van der Waals surface area contributed by atoms with Gasteiger partial charge >= 0.3 is 0 Å². The van der Waals surface area contributed by atoms with E-state index in [9.17, 15) is 0 Å². The van der Waals surface area contributed by atoms with E-state index in [1.165, 1.54) is 0 Å². The SMILES string of the molecule is CCCc1nc(N)c(C)c(NC(C)C)n1. The van der Waals surface area contributed by atoms with Crippen molar-refractivity contribution in [1.82, 2.24) is 9.97 Å². The second-order valence-corrected chi connectivity index (χ2v) is 4.05. The number of hydrogen-bond acceptors (Lipinski definition) is 4. The minimum absolute atomic E-state index is 0.354. The molecule has 0 unspecified atom stereocenters. The highest BCUT2D eigenvalue weighted by Gasteiger charge is 2.08. The molecule has 1 rings (SSSR count). The molecule has 0 amide bonds. The highest BCUT2D eigenvalue weighted by atomic mass is 15.1. The molecule has 1 aromatic heterocycles. The fraction of sp³-hybridized carbons (Fsp3) is 0.636. The normalized spacial score (nSPS) is 10.7. The Bertz CT molecular complexity index is 334. The number of nitrogens with one attached hydrogen (secondary N) is 1. The van der Waals surface area contributed by atoms with Crippen LogP contribution in [0.1, 0.15) is 38.6 Å². The monoisotopic (exact) mass is 208 g/mol. The molecule has 1 heterocycles. The second-order valence-electron chi connectivity index (χ2n) is 4.05. The second kappa shape index (κ2) is 4.96. The van der Waals surface area contributed by atoms with Gasteiger partial charge in [0.15, 0.2) is 0 Å². The Hall–Kier alpha value is -1.32. The van der Waals surface area contributed by atoms with Crippen molar-refractivity contribution in [3.63, 3.8) is 0 Å². The Balaban J connectivity index is 3.01. The number of anilines is 2. The predicted molar refractivity (Wildman–Crippen MR) is 63.9 cm³/mol. The summed E-state index contributed by atoms with van der Waals surface area (Å²) in [7, 11) is 0. The van der Waals surface area contributed by atoms with Crippen LogP contribution < -0.4 is 11.1 Å². The number of hydrogen-bond donors (Lipinski definition) is 2. The summed E-state index contributed by atoms with van der Waals surface area (Å²) < 4.78 is 0. The maximum absolute atomic E-state index is 5.84. The Morgan fingerprint density at radius 3 is 2.53 bits per heavy atom. The molecule has 0 bridgehead atoms. The molecule has 0 fully saturated rings. The van der Waals surface area contributed by atoms with Crippen LogP contribution in [-0.4, -0.2) is 16.0 Å². The molecule has 3 N–H and O–H groups in total. The van der Waals surface area contributed by atoms with E-state index in [1.54, 1.807) is 0 Å². The fourth-order valence-corrected chi connectivity index (χ4v) is 1.33. The van der Waals surface area contributed by atoms with Crippen molar-refractivity contribution < 1.29 is 0 Å². The van der Waals surface area contributed by atoms with Crippen LogP contribution in [0.5, 0.6) is 0 Å². The number of nitrogens with zero attached hydrogens (tertiary/aromatic N) is 2. The molecular weight excluding hydrogens is 188 g/mol. The van der Waals surface area contributed by atoms with Crippen molar-refractivity contribution in [3.05, 3.63) is 11.4 Å². The van der Waals surface area contributed by atoms with E-state index >= 15 is 0 Å². The van der Waals surface area contributed by atoms with Gasteiger partial charge in [-0.15, -0.1) is 0 Å². The molecular formula is C11H20N4. The first-order valence-electron chi connectivity index (χ1n) is 5.44. The van der Waals surface area contributed by atoms with Crippen LogP contribution in [0.25, 0.3) is 0 Å². The molecule has 0 atom stereocenters. The van der Waals surface area contributed by atoms with Gasteiger partial charge in [-0.05, 0) is 27.2 Å². The summed E-state index contributed by atoms with van der Waals surface area (Å²) in [6.45, 7) is 8.21. The molecule has 0 spiro atoms. The van der Waals surface area contributed by atoms with E-state index in [2.05, 4.69) is 36.1 Å². The molecule has 4 nitrogen and oxygen atoms in total. The van der Waals surface area contributed by atoms with Gasteiger partial charge in [0.05, 0.1) is 0 Å². The van der Waals surface area contributed by atoms with Gasteiger partial charge in [-0.25, -0.2) is 9.97 Å². The summed E-state index contributed by atoms with van der Waals surface area (Å²) in [6.07, 6.45) is 1.90. The van der Waals surface area contributed by atoms with E-state index in [0.29, 0.717) is 11.9 Å². The molecule has 84 valence electrons. The maximum atomic E-state index is 5.84. The zero-order valence-electron chi connectivity index (χ0n) is 9.96. The van der Waals surface area contributed by atoms with Crippen LogP contribution in [0.2, 0.25) is 0 Å². The first-order chi connectivity index (χ1) is 7.04. The lowest BCUT2D eigenvalue weighted by Crippen LogP contribution is -2.15. The van der Waals surface area contributed by atoms with Crippen LogP contribution in [0.15, 0.2) is 0 Å². The number of aryl methyl sites for hydroxylation is 1. The minimum atomic E-state index is 0.354. The summed E-state index contributed by atoms with van der Waals surface area (Å²) in [5, 5.41) is 3.28. The molecule has 0 saturated carbocycles. The van der Waals surface area contributed by atoms with Crippen LogP contribution in [0, 0.1) is 6.92 Å². The van der Waals surface area contributed by atoms with Crippen molar-refractivity contribution in [2.45, 2.75) is 46.6 Å². The molecule has 0 radical (unpaired) electrons. The van der Waals surface area contributed by atoms with Gasteiger partial charge in [0.1, 0.15) is 17.5 Å². The third kappa shape index (κ3) is 3.08. The van der Waals surface area contributed by atoms with Gasteiger partial charge in [-0.2, -0.15) is 0 Å². The summed E-state index contributed by atoms with van der Waals surface area (Å²) in [6, 6.07) is 0.354. The highest BCUT2D eigenvalue weighted by Crippen LogP contribution is 2.18. The third-order valence-electron chi connectivity index (χ3n) is 2.13. The van der Waals surface area contributed by atoms with Gasteiger partial charge < -0.3 is 11.1 Å². The van der Waals surface area contributed by atoms with Crippen molar-refractivity contribution in [2.24, 2.45) is 0 Å². The van der Waals surface area contributed by atoms with Crippen molar-refractivity contribution >= 4 is 11.6 Å². The van der Waals surface area contributed by atoms with E-state index in [4.69, 9.17) is 5.73 Å². The van der Waals surface area contributed by atoms with Gasteiger partial charge in [-0.3, -0.25) is 0 Å². The fourth-order valence-electron chi connectivity index (χ4n) is 1.33. The molecule has 1 aromatic rings. The number of aromatic nitrogens is 2. The lowest BCUT2D eigenvalue weighted by Gasteiger charge is -2.14. The van der Waals surface area contributed by atoms with E-state index in [0.717, 1.165) is 30.0 Å². The minimum Gasteiger partial charge on any atom is -0.383 e. The van der Waals surface area contributed by atoms with Crippen LogP contribution in [-0.2, 0) is 6.42 Å². The van der Waals surface area contributed by atoms with Crippen LogP contribution in [0.4, 0.5) is 11.6 Å². The third-order valence-corrected chi connectivity index (χ3v) is 2.13. The van der Waals surface area contributed by atoms with Crippen molar-refractivity contribution in [2.75, 3.05) is 11.1 Å². The summed E-state index contributed by atoms with van der Waals surface area (Å²) in [4.78, 5) is 8.72. The lowest BCUT2D eigenvalue weighted by atomic mass is 10.2. The first-order valence-corrected chi connectivity index (χ1v) is 5.44. The Morgan fingerprint density at radius 1 is 1.33 bits per heavy atom. The maximum Gasteiger partial charge on any atom is 0.134 e. The molecule has 15 heavy (non-hydrogen) atoms. The van der Waals surface area contributed by atoms with Crippen molar-refractivity contribution in [3.8, 4) is 0 Å². The average Bonchev–Trinajstić information content (AvgIpc) is 2.13. The molecule has 4 heteroatoms. The predicted octanol–water partition coefficient (Wildman–Crippen LogP) is 2.14. The van der Waals surface area contributed by atoms with Crippen molar-refractivity contribution in [1.29, 1.82) is 0 Å². The zero-order chi connectivity index (χ0) is 11.4. The van der Waals surface area contributed by atoms with Crippen LogP contribution >= 0.6 is 0 Å². The number of nitrogen functional groups attached to an aromatic ring is 1. The molecule has 0 aliphatic rings. The number of rotatable bonds is 4. The molecule has 0 aliphatic carbocycles. The van der Waals surface area contributed by atoms with Gasteiger partial charge in [0, 0.05) is 18.0 Å². The Kier molecular flexibility index (Phi) is 3.88. The summed E-state index contributed by atoms with van der Waals surface area (Å²) in [5.41, 5.74) is 6.77. The Morgan fingerprint density at radius 2 is 2.00 bits per heavy atom. The quantitative estimate of drug-likeness (QED) is 0.795. The van der Waals surface area contributed by atoms with Gasteiger partial charge in [0.2, 0.25) is 0 Å². The Labute approximate surface area is 91.3 Å². The van der Waals surface area contributed by atoms with Crippen LogP contribution in [0.3, 0.4) is 0 Å². The number of nitrogens with two attached hydrogens (primary N) is 1. The molecule has 0 aromatic carbocycles. The molecule has 0 aliphatic heterocycles. The van der Waals surface area contributed by atoms with E-state index < -0.39 is 0 Å². The smallest absolute Gasteiger partial charge is 0.134 e. The summed E-state index contributed by atoms with van der Waals surface area (Å²) in [5.74, 6) is 2.27. The van der Waals surface area contributed by atoms with Gasteiger partial charge in [-0.1, -0.05) is 6.92 Å². The topological polar surface area (TPSA) is 63.8 Å². The average molecular weight is 208 g/mol. The first kappa shape index (κ1) is 11.8. The van der Waals surface area contributed by atoms with E-state index in [1.807, 2.05) is 6.92 Å². The molecule has 0 saturated heterocycles. The zero-order valence-corrected chi connectivity index (χ0v) is 9.96. The lowest BCUT2D eigenvalue weighted by molar-refractivity contribution is 0.820. The van der Waals surface area contributed by atoms with E-state index in [-0.39, 0.29) is 0 Å². The largest absolute Gasteiger partial charge is 0.383 e. The highest BCUT2D eigenvalue weighted by molar-refractivity contribution is 5.55.